The van der Waals surface area contributed by atoms with E-state index in [4.69, 9.17) is 4.74 Å². The van der Waals surface area contributed by atoms with E-state index in [1.807, 2.05) is 6.92 Å². The van der Waals surface area contributed by atoms with Crippen molar-refractivity contribution in [3.8, 4) is 0 Å². The fourth-order valence-electron chi connectivity index (χ4n) is 2.16. The van der Waals surface area contributed by atoms with Gasteiger partial charge >= 0.3 is 0 Å². The van der Waals surface area contributed by atoms with Crippen LogP contribution in [0.1, 0.15) is 18.9 Å². The van der Waals surface area contributed by atoms with E-state index < -0.39 is 11.6 Å². The van der Waals surface area contributed by atoms with E-state index in [2.05, 4.69) is 0 Å². The minimum absolute atomic E-state index is 0.0675. The maximum atomic E-state index is 13.4. The first-order valence-electron chi connectivity index (χ1n) is 5.67. The summed E-state index contributed by atoms with van der Waals surface area (Å²) in [5.74, 6) is -2.12. The molecule has 2 nitrogen and oxygen atoms in total. The molecule has 1 aliphatic heterocycles. The van der Waals surface area contributed by atoms with E-state index >= 15 is 0 Å². The lowest BCUT2D eigenvalue weighted by Gasteiger charge is -2.12. The Labute approximate surface area is 98.6 Å². The Balaban J connectivity index is 2.10. The van der Waals surface area contributed by atoms with Crippen molar-refractivity contribution in [3.63, 3.8) is 0 Å². The Morgan fingerprint density at radius 1 is 1.47 bits per heavy atom. The van der Waals surface area contributed by atoms with Crippen LogP contribution in [0.3, 0.4) is 0 Å². The van der Waals surface area contributed by atoms with Crippen LogP contribution in [0.4, 0.5) is 8.78 Å². The van der Waals surface area contributed by atoms with Gasteiger partial charge in [0.15, 0.2) is 11.6 Å². The number of ether oxygens (including phenoxy) is 1. The first kappa shape index (κ1) is 12.2. The molecule has 0 saturated carbocycles. The van der Waals surface area contributed by atoms with Crippen LogP contribution < -0.4 is 0 Å². The van der Waals surface area contributed by atoms with Gasteiger partial charge in [-0.3, -0.25) is 4.79 Å². The molecule has 4 heteroatoms. The second-order valence-corrected chi connectivity index (χ2v) is 4.33. The number of halogens is 2. The van der Waals surface area contributed by atoms with Crippen molar-refractivity contribution in [2.45, 2.75) is 25.9 Å². The lowest BCUT2D eigenvalue weighted by Crippen LogP contribution is -2.23. The summed E-state index contributed by atoms with van der Waals surface area (Å²) in [5.41, 5.74) is 0.120. The molecule has 0 aromatic heterocycles. The number of benzene rings is 1. The monoisotopic (exact) mass is 240 g/mol. The third kappa shape index (κ3) is 2.52. The van der Waals surface area contributed by atoms with Crippen molar-refractivity contribution in [2.75, 3.05) is 6.61 Å². The van der Waals surface area contributed by atoms with E-state index in [-0.39, 0.29) is 29.8 Å². The van der Waals surface area contributed by atoms with Crippen LogP contribution in [0, 0.1) is 17.6 Å². The first-order chi connectivity index (χ1) is 8.09. The Kier molecular flexibility index (Phi) is 3.52. The summed E-state index contributed by atoms with van der Waals surface area (Å²) < 4.78 is 31.6. The standard InChI is InChI=1S/C13H14F2O2/c1-8-10(5-6-17-8)12(16)7-9-3-2-4-11(14)13(9)15/h2-4,8,10H,5-7H2,1H3. The molecular weight excluding hydrogens is 226 g/mol. The maximum Gasteiger partial charge on any atom is 0.162 e. The minimum atomic E-state index is -0.924. The van der Waals surface area contributed by atoms with Gasteiger partial charge in [0.05, 0.1) is 6.10 Å². The lowest BCUT2D eigenvalue weighted by atomic mass is 9.93. The summed E-state index contributed by atoms with van der Waals surface area (Å²) >= 11 is 0. The molecule has 0 aliphatic carbocycles. The van der Waals surface area contributed by atoms with Crippen LogP contribution in [-0.2, 0) is 16.0 Å². The highest BCUT2D eigenvalue weighted by Gasteiger charge is 2.30. The summed E-state index contributed by atoms with van der Waals surface area (Å²) in [7, 11) is 0. The number of ketones is 1. The van der Waals surface area contributed by atoms with Crippen LogP contribution in [0.2, 0.25) is 0 Å². The van der Waals surface area contributed by atoms with E-state index in [1.165, 1.54) is 12.1 Å². The van der Waals surface area contributed by atoms with Crippen molar-refractivity contribution >= 4 is 5.78 Å². The number of carbonyl (C=O) groups is 1. The molecule has 0 N–H and O–H groups in total. The Morgan fingerprint density at radius 2 is 2.24 bits per heavy atom. The van der Waals surface area contributed by atoms with Gasteiger partial charge in [-0.25, -0.2) is 8.78 Å². The molecule has 2 atom stereocenters. The minimum Gasteiger partial charge on any atom is -0.378 e. The van der Waals surface area contributed by atoms with Gasteiger partial charge in [-0.2, -0.15) is 0 Å². The molecular formula is C13H14F2O2. The van der Waals surface area contributed by atoms with Gasteiger partial charge in [0.1, 0.15) is 5.78 Å². The Bertz CT molecular complexity index is 431. The molecule has 92 valence electrons. The molecule has 1 heterocycles. The number of rotatable bonds is 3. The molecule has 0 radical (unpaired) electrons. The fourth-order valence-corrected chi connectivity index (χ4v) is 2.16. The van der Waals surface area contributed by atoms with Gasteiger partial charge < -0.3 is 4.74 Å². The van der Waals surface area contributed by atoms with Gasteiger partial charge in [-0.1, -0.05) is 12.1 Å². The van der Waals surface area contributed by atoms with Gasteiger partial charge in [0, 0.05) is 18.9 Å². The summed E-state index contributed by atoms with van der Waals surface area (Å²) in [6.45, 7) is 2.39. The largest absolute Gasteiger partial charge is 0.378 e. The molecule has 2 rings (SSSR count). The highest BCUT2D eigenvalue weighted by Crippen LogP contribution is 2.23. The summed E-state index contributed by atoms with van der Waals surface area (Å²) in [4.78, 5) is 11.9. The van der Waals surface area contributed by atoms with Gasteiger partial charge in [-0.05, 0) is 25.0 Å². The van der Waals surface area contributed by atoms with Crippen molar-refractivity contribution < 1.29 is 18.3 Å². The topological polar surface area (TPSA) is 26.3 Å². The van der Waals surface area contributed by atoms with Crippen LogP contribution >= 0.6 is 0 Å². The molecule has 0 bridgehead atoms. The molecule has 17 heavy (non-hydrogen) atoms. The molecule has 0 spiro atoms. The SMILES string of the molecule is CC1OCCC1C(=O)Cc1cccc(F)c1F. The van der Waals surface area contributed by atoms with Crippen molar-refractivity contribution in [1.82, 2.24) is 0 Å². The highest BCUT2D eigenvalue weighted by molar-refractivity contribution is 5.84. The normalized spacial score (nSPS) is 23.9. The number of hydrogen-bond acceptors (Lipinski definition) is 2. The third-order valence-electron chi connectivity index (χ3n) is 3.19. The summed E-state index contributed by atoms with van der Waals surface area (Å²) in [6, 6.07) is 3.90. The lowest BCUT2D eigenvalue weighted by molar-refractivity contribution is -0.123. The van der Waals surface area contributed by atoms with Crippen molar-refractivity contribution in [1.29, 1.82) is 0 Å². The molecule has 1 aromatic rings. The molecule has 2 unspecified atom stereocenters. The number of carbonyl (C=O) groups excluding carboxylic acids is 1. The van der Waals surface area contributed by atoms with E-state index in [9.17, 15) is 13.6 Å². The van der Waals surface area contributed by atoms with Crippen molar-refractivity contribution in [2.24, 2.45) is 5.92 Å². The number of hydrogen-bond donors (Lipinski definition) is 0. The zero-order valence-electron chi connectivity index (χ0n) is 9.58. The zero-order valence-corrected chi connectivity index (χ0v) is 9.58. The fraction of sp³-hybridized carbons (Fsp3) is 0.462. The van der Waals surface area contributed by atoms with E-state index in [0.29, 0.717) is 13.0 Å². The third-order valence-corrected chi connectivity index (χ3v) is 3.19. The van der Waals surface area contributed by atoms with Gasteiger partial charge in [0.25, 0.3) is 0 Å². The van der Waals surface area contributed by atoms with Crippen LogP contribution in [0.15, 0.2) is 18.2 Å². The molecule has 1 saturated heterocycles. The maximum absolute atomic E-state index is 13.4. The van der Waals surface area contributed by atoms with E-state index in [1.54, 1.807) is 0 Å². The summed E-state index contributed by atoms with van der Waals surface area (Å²) in [5, 5.41) is 0. The highest BCUT2D eigenvalue weighted by atomic mass is 19.2. The predicted octanol–water partition coefficient (Wildman–Crippen LogP) is 2.50. The van der Waals surface area contributed by atoms with Gasteiger partial charge in [0.2, 0.25) is 0 Å². The quantitative estimate of drug-likeness (QED) is 0.811. The predicted molar refractivity (Wildman–Crippen MR) is 58.6 cm³/mol. The smallest absolute Gasteiger partial charge is 0.162 e. The zero-order chi connectivity index (χ0) is 12.4. The average molecular weight is 240 g/mol. The molecule has 1 fully saturated rings. The van der Waals surface area contributed by atoms with Crippen LogP contribution in [0.5, 0.6) is 0 Å². The van der Waals surface area contributed by atoms with Gasteiger partial charge in [-0.15, -0.1) is 0 Å². The Hall–Kier alpha value is -1.29. The Morgan fingerprint density at radius 3 is 2.88 bits per heavy atom. The number of Topliss-reactive ketones (excluding diaryl/α,β-unsaturated/α-hetero) is 1. The van der Waals surface area contributed by atoms with Crippen LogP contribution in [-0.4, -0.2) is 18.5 Å². The summed E-state index contributed by atoms with van der Waals surface area (Å²) in [6.07, 6.45) is 0.470. The molecule has 1 aliphatic rings. The molecule has 0 amide bonds. The van der Waals surface area contributed by atoms with Crippen molar-refractivity contribution in [3.05, 3.63) is 35.4 Å². The first-order valence-corrected chi connectivity index (χ1v) is 5.67. The second-order valence-electron chi connectivity index (χ2n) is 4.33. The van der Waals surface area contributed by atoms with Crippen LogP contribution in [0.25, 0.3) is 0 Å². The molecule has 1 aromatic carbocycles. The second kappa shape index (κ2) is 4.92. The average Bonchev–Trinajstić information content (AvgIpc) is 2.71. The van der Waals surface area contributed by atoms with E-state index in [0.717, 1.165) is 6.07 Å².